The number of benzene rings is 1. The Balaban J connectivity index is 2.21. The zero-order chi connectivity index (χ0) is 12.5. The van der Waals surface area contributed by atoms with Crippen LogP contribution in [0.3, 0.4) is 0 Å². The van der Waals surface area contributed by atoms with Crippen LogP contribution >= 0.6 is 0 Å². The lowest BCUT2D eigenvalue weighted by atomic mass is 9.96. The van der Waals surface area contributed by atoms with Crippen LogP contribution in [0.2, 0.25) is 0 Å². The predicted octanol–water partition coefficient (Wildman–Crippen LogP) is 3.89. The van der Waals surface area contributed by atoms with Gasteiger partial charge in [0.05, 0.1) is 0 Å². The minimum atomic E-state index is -4.62. The molecule has 0 spiro atoms. The molecule has 17 heavy (non-hydrogen) atoms. The Hall–Kier alpha value is -1.39. The highest BCUT2D eigenvalue weighted by atomic mass is 19.4. The molecule has 0 aromatic heterocycles. The number of anilines is 1. The third kappa shape index (κ3) is 2.84. The van der Waals surface area contributed by atoms with Gasteiger partial charge in [0.2, 0.25) is 0 Å². The van der Waals surface area contributed by atoms with E-state index in [0.717, 1.165) is 30.6 Å². The van der Waals surface area contributed by atoms with Crippen LogP contribution in [0, 0.1) is 0 Å². The molecule has 0 unspecified atom stereocenters. The lowest BCUT2D eigenvalue weighted by Gasteiger charge is -2.12. The smallest absolute Gasteiger partial charge is 0.406 e. The van der Waals surface area contributed by atoms with E-state index >= 15 is 0 Å². The van der Waals surface area contributed by atoms with Crippen molar-refractivity contribution in [2.24, 2.45) is 0 Å². The second-order valence-corrected chi connectivity index (χ2v) is 4.16. The van der Waals surface area contributed by atoms with Gasteiger partial charge in [-0.2, -0.15) is 0 Å². The van der Waals surface area contributed by atoms with E-state index in [1.54, 1.807) is 6.07 Å². The fourth-order valence-electron chi connectivity index (χ4n) is 2.19. The molecule has 0 saturated carbocycles. The van der Waals surface area contributed by atoms with E-state index in [4.69, 9.17) is 0 Å². The molecule has 0 saturated heterocycles. The van der Waals surface area contributed by atoms with Crippen molar-refractivity contribution in [2.75, 3.05) is 11.9 Å². The molecular formula is C12H14F3NO. The first kappa shape index (κ1) is 12.1. The van der Waals surface area contributed by atoms with Gasteiger partial charge >= 0.3 is 6.36 Å². The van der Waals surface area contributed by atoms with E-state index in [-0.39, 0.29) is 11.7 Å². The molecule has 1 aliphatic rings. The summed E-state index contributed by atoms with van der Waals surface area (Å²) in [6.07, 6.45) is -2.65. The van der Waals surface area contributed by atoms with Gasteiger partial charge < -0.3 is 10.1 Å². The van der Waals surface area contributed by atoms with E-state index in [9.17, 15) is 13.2 Å². The molecule has 5 heteroatoms. The summed E-state index contributed by atoms with van der Waals surface area (Å²) in [4.78, 5) is 0. The second kappa shape index (κ2) is 4.47. The Morgan fingerprint density at radius 2 is 2.18 bits per heavy atom. The van der Waals surface area contributed by atoms with E-state index < -0.39 is 6.36 Å². The van der Waals surface area contributed by atoms with Gasteiger partial charge in [0, 0.05) is 18.2 Å². The highest BCUT2D eigenvalue weighted by molar-refractivity contribution is 5.60. The first-order valence-electron chi connectivity index (χ1n) is 5.63. The maximum atomic E-state index is 12.1. The predicted molar refractivity (Wildman–Crippen MR) is 59.3 cm³/mol. The largest absolute Gasteiger partial charge is 0.573 e. The standard InChI is InChI=1S/C12H14F3NO/c1-2-3-8-7-16-11-5-4-9(6-10(8)11)17-12(13,14)15/h4-6,8,16H,2-3,7H2,1H3/t8-/m0/s1. The zero-order valence-corrected chi connectivity index (χ0v) is 9.47. The van der Waals surface area contributed by atoms with Crippen LogP contribution < -0.4 is 10.1 Å². The van der Waals surface area contributed by atoms with E-state index in [0.29, 0.717) is 0 Å². The first-order chi connectivity index (χ1) is 7.99. The Morgan fingerprint density at radius 3 is 2.82 bits per heavy atom. The van der Waals surface area contributed by atoms with Gasteiger partial charge in [-0.15, -0.1) is 13.2 Å². The lowest BCUT2D eigenvalue weighted by molar-refractivity contribution is -0.274. The number of fused-ring (bicyclic) bond motifs is 1. The molecular weight excluding hydrogens is 231 g/mol. The fourth-order valence-corrected chi connectivity index (χ4v) is 2.19. The van der Waals surface area contributed by atoms with E-state index in [1.807, 2.05) is 0 Å². The molecule has 2 rings (SSSR count). The summed E-state index contributed by atoms with van der Waals surface area (Å²) in [6.45, 7) is 2.85. The van der Waals surface area contributed by atoms with Crippen LogP contribution in [0.4, 0.5) is 18.9 Å². The number of rotatable bonds is 3. The Bertz CT molecular complexity index is 401. The average Bonchev–Trinajstić information content (AvgIpc) is 2.59. The average molecular weight is 245 g/mol. The molecule has 0 amide bonds. The molecule has 0 aliphatic carbocycles. The van der Waals surface area contributed by atoms with Crippen LogP contribution in [0.1, 0.15) is 31.2 Å². The normalized spacial score (nSPS) is 18.7. The Labute approximate surface area is 97.8 Å². The van der Waals surface area contributed by atoms with Crippen LogP contribution in [0.5, 0.6) is 5.75 Å². The summed E-state index contributed by atoms with van der Waals surface area (Å²) < 4.78 is 40.2. The van der Waals surface area contributed by atoms with Crippen molar-refractivity contribution >= 4 is 5.69 Å². The zero-order valence-electron chi connectivity index (χ0n) is 9.47. The SMILES string of the molecule is CCC[C@H]1CNc2ccc(OC(F)(F)F)cc21. The maximum absolute atomic E-state index is 12.1. The lowest BCUT2D eigenvalue weighted by Crippen LogP contribution is -2.17. The molecule has 1 atom stereocenters. The van der Waals surface area contributed by atoms with Crippen molar-refractivity contribution in [1.82, 2.24) is 0 Å². The topological polar surface area (TPSA) is 21.3 Å². The van der Waals surface area contributed by atoms with Gasteiger partial charge in [0.25, 0.3) is 0 Å². The van der Waals surface area contributed by atoms with Crippen LogP contribution in [-0.4, -0.2) is 12.9 Å². The van der Waals surface area contributed by atoms with Crippen molar-refractivity contribution in [3.05, 3.63) is 23.8 Å². The number of hydrogen-bond acceptors (Lipinski definition) is 2. The highest BCUT2D eigenvalue weighted by Gasteiger charge is 2.32. The minimum absolute atomic E-state index is 0.138. The summed E-state index contributed by atoms with van der Waals surface area (Å²) in [6, 6.07) is 4.48. The molecule has 0 bridgehead atoms. The first-order valence-corrected chi connectivity index (χ1v) is 5.63. The number of hydrogen-bond donors (Lipinski definition) is 1. The molecule has 94 valence electrons. The molecule has 1 aromatic carbocycles. The molecule has 0 fully saturated rings. The van der Waals surface area contributed by atoms with Gasteiger partial charge in [-0.1, -0.05) is 13.3 Å². The molecule has 1 N–H and O–H groups in total. The monoisotopic (exact) mass is 245 g/mol. The van der Waals surface area contributed by atoms with E-state index in [2.05, 4.69) is 17.0 Å². The molecule has 1 heterocycles. The molecule has 2 nitrogen and oxygen atoms in total. The van der Waals surface area contributed by atoms with Gasteiger partial charge in [0.15, 0.2) is 0 Å². The summed E-state index contributed by atoms with van der Waals surface area (Å²) in [5, 5.41) is 3.19. The van der Waals surface area contributed by atoms with Gasteiger partial charge in [-0.3, -0.25) is 0 Å². The van der Waals surface area contributed by atoms with Crippen molar-refractivity contribution in [3.8, 4) is 5.75 Å². The van der Waals surface area contributed by atoms with Crippen molar-refractivity contribution in [1.29, 1.82) is 0 Å². The molecule has 0 radical (unpaired) electrons. The van der Waals surface area contributed by atoms with Crippen molar-refractivity contribution in [2.45, 2.75) is 32.0 Å². The summed E-state index contributed by atoms with van der Waals surface area (Å²) in [7, 11) is 0. The Kier molecular flexibility index (Phi) is 3.17. The minimum Gasteiger partial charge on any atom is -0.406 e. The molecule has 1 aliphatic heterocycles. The van der Waals surface area contributed by atoms with Crippen LogP contribution in [0.15, 0.2) is 18.2 Å². The maximum Gasteiger partial charge on any atom is 0.573 e. The summed E-state index contributed by atoms with van der Waals surface area (Å²) in [5.74, 6) is 0.146. The van der Waals surface area contributed by atoms with Crippen molar-refractivity contribution in [3.63, 3.8) is 0 Å². The van der Waals surface area contributed by atoms with Gasteiger partial charge in [-0.25, -0.2) is 0 Å². The highest BCUT2D eigenvalue weighted by Crippen LogP contribution is 2.37. The third-order valence-corrected chi connectivity index (χ3v) is 2.87. The number of nitrogens with one attached hydrogen (secondary N) is 1. The third-order valence-electron chi connectivity index (χ3n) is 2.87. The van der Waals surface area contributed by atoms with Crippen LogP contribution in [-0.2, 0) is 0 Å². The van der Waals surface area contributed by atoms with Crippen molar-refractivity contribution < 1.29 is 17.9 Å². The fraction of sp³-hybridized carbons (Fsp3) is 0.500. The van der Waals surface area contributed by atoms with Crippen LogP contribution in [0.25, 0.3) is 0 Å². The van der Waals surface area contributed by atoms with Gasteiger partial charge in [0.1, 0.15) is 5.75 Å². The Morgan fingerprint density at radius 1 is 1.41 bits per heavy atom. The number of ether oxygens (including phenoxy) is 1. The van der Waals surface area contributed by atoms with E-state index in [1.165, 1.54) is 12.1 Å². The quantitative estimate of drug-likeness (QED) is 0.872. The number of alkyl halides is 3. The van der Waals surface area contributed by atoms with Gasteiger partial charge in [-0.05, 0) is 30.2 Å². The number of halogens is 3. The molecule has 1 aromatic rings. The summed E-state index contributed by atoms with van der Waals surface area (Å²) in [5.41, 5.74) is 1.84. The summed E-state index contributed by atoms with van der Waals surface area (Å²) >= 11 is 0. The second-order valence-electron chi connectivity index (χ2n) is 4.16.